The van der Waals surface area contributed by atoms with Gasteiger partial charge in [-0.2, -0.15) is 5.10 Å². The van der Waals surface area contributed by atoms with Gasteiger partial charge in [-0.3, -0.25) is 9.89 Å². The number of hydrogen-bond donors (Lipinski definition) is 3. The maximum atomic E-state index is 12.1. The third-order valence-electron chi connectivity index (χ3n) is 3.13. The highest BCUT2D eigenvalue weighted by Gasteiger charge is 2.21. The van der Waals surface area contributed by atoms with Crippen molar-refractivity contribution in [3.05, 3.63) is 11.9 Å². The lowest BCUT2D eigenvalue weighted by atomic mass is 10.0. The van der Waals surface area contributed by atoms with Crippen LogP contribution >= 0.6 is 0 Å². The van der Waals surface area contributed by atoms with Crippen LogP contribution in [0.3, 0.4) is 0 Å². The second kappa shape index (κ2) is 6.85. The number of nitrogens with one attached hydrogen (secondary N) is 2. The molecule has 0 fully saturated rings. The summed E-state index contributed by atoms with van der Waals surface area (Å²) in [5.74, 6) is -1.23. The fourth-order valence-corrected chi connectivity index (χ4v) is 3.27. The molecule has 2 atom stereocenters. The highest BCUT2D eigenvalue weighted by molar-refractivity contribution is 7.89. The first-order valence-electron chi connectivity index (χ1n) is 6.49. The van der Waals surface area contributed by atoms with Crippen molar-refractivity contribution >= 4 is 16.0 Å². The van der Waals surface area contributed by atoms with Gasteiger partial charge >= 0.3 is 5.97 Å². The Morgan fingerprint density at radius 1 is 1.45 bits per heavy atom. The molecule has 0 saturated heterocycles. The first kappa shape index (κ1) is 16.6. The third kappa shape index (κ3) is 4.61. The summed E-state index contributed by atoms with van der Waals surface area (Å²) in [6, 6.07) is -0.254. The first-order valence-corrected chi connectivity index (χ1v) is 7.97. The largest absolute Gasteiger partial charge is 0.481 e. The standard InChI is InChI=1S/C12H21N3O4S/c1-8(12(16)17)5-4-6-9(2)15-20(18,19)11-7-13-14-10(11)3/h7-9,15H,4-6H2,1-3H3,(H,13,14)(H,16,17). The zero-order valence-corrected chi connectivity index (χ0v) is 12.7. The van der Waals surface area contributed by atoms with Gasteiger partial charge in [0.1, 0.15) is 4.90 Å². The summed E-state index contributed by atoms with van der Waals surface area (Å²) in [5, 5.41) is 15.0. The molecule has 0 aliphatic carbocycles. The molecular formula is C12H21N3O4S. The van der Waals surface area contributed by atoms with Crippen LogP contribution in [-0.4, -0.2) is 35.7 Å². The number of carboxylic acids is 1. The van der Waals surface area contributed by atoms with Gasteiger partial charge in [-0.05, 0) is 26.7 Å². The van der Waals surface area contributed by atoms with Crippen LogP contribution in [0, 0.1) is 12.8 Å². The number of carboxylic acid groups (broad SMARTS) is 1. The number of rotatable bonds is 8. The van der Waals surface area contributed by atoms with Crippen LogP contribution in [0.15, 0.2) is 11.1 Å². The lowest BCUT2D eigenvalue weighted by Crippen LogP contribution is -2.32. The molecule has 114 valence electrons. The molecule has 0 radical (unpaired) electrons. The fourth-order valence-electron chi connectivity index (χ4n) is 1.85. The predicted octanol–water partition coefficient (Wildman–Crippen LogP) is 1.28. The van der Waals surface area contributed by atoms with Crippen LogP contribution in [0.2, 0.25) is 0 Å². The number of aryl methyl sites for hydroxylation is 1. The zero-order valence-electron chi connectivity index (χ0n) is 11.9. The molecule has 1 heterocycles. The Hall–Kier alpha value is -1.41. The van der Waals surface area contributed by atoms with Gasteiger partial charge in [-0.1, -0.05) is 13.3 Å². The van der Waals surface area contributed by atoms with Crippen molar-refractivity contribution < 1.29 is 18.3 Å². The van der Waals surface area contributed by atoms with Gasteiger partial charge in [0.15, 0.2) is 0 Å². The molecule has 3 N–H and O–H groups in total. The van der Waals surface area contributed by atoms with E-state index in [-0.39, 0.29) is 10.9 Å². The summed E-state index contributed by atoms with van der Waals surface area (Å²) in [6.45, 7) is 5.05. The molecule has 0 aliphatic rings. The monoisotopic (exact) mass is 303 g/mol. The molecule has 20 heavy (non-hydrogen) atoms. The lowest BCUT2D eigenvalue weighted by molar-refractivity contribution is -0.141. The quantitative estimate of drug-likeness (QED) is 0.669. The Bertz CT molecular complexity index is 553. The van der Waals surface area contributed by atoms with Gasteiger partial charge in [0.25, 0.3) is 0 Å². The summed E-state index contributed by atoms with van der Waals surface area (Å²) >= 11 is 0. The number of H-pyrrole nitrogens is 1. The third-order valence-corrected chi connectivity index (χ3v) is 4.83. The van der Waals surface area contributed by atoms with E-state index >= 15 is 0 Å². The number of carbonyl (C=O) groups is 1. The van der Waals surface area contributed by atoms with Gasteiger partial charge in [0.2, 0.25) is 10.0 Å². The Balaban J connectivity index is 2.48. The van der Waals surface area contributed by atoms with E-state index in [4.69, 9.17) is 5.11 Å². The summed E-state index contributed by atoms with van der Waals surface area (Å²) in [4.78, 5) is 10.8. The van der Waals surface area contributed by atoms with Crippen molar-refractivity contribution in [2.75, 3.05) is 0 Å². The topological polar surface area (TPSA) is 112 Å². The number of hydrogen-bond acceptors (Lipinski definition) is 4. The van der Waals surface area contributed by atoms with Gasteiger partial charge in [0.05, 0.1) is 17.8 Å². The molecule has 2 unspecified atom stereocenters. The van der Waals surface area contributed by atoms with Crippen LogP contribution in [0.25, 0.3) is 0 Å². The molecule has 0 bridgehead atoms. The molecule has 1 aromatic heterocycles. The highest BCUT2D eigenvalue weighted by atomic mass is 32.2. The molecule has 1 rings (SSSR count). The predicted molar refractivity (Wildman–Crippen MR) is 73.8 cm³/mol. The number of aliphatic carboxylic acids is 1. The number of aromatic amines is 1. The van der Waals surface area contributed by atoms with Crippen molar-refractivity contribution in [3.63, 3.8) is 0 Å². The van der Waals surface area contributed by atoms with Crippen molar-refractivity contribution in [1.82, 2.24) is 14.9 Å². The first-order chi connectivity index (χ1) is 9.24. The smallest absolute Gasteiger partial charge is 0.306 e. The second-order valence-electron chi connectivity index (χ2n) is 5.05. The van der Waals surface area contributed by atoms with E-state index < -0.39 is 21.9 Å². The summed E-state index contributed by atoms with van der Waals surface area (Å²) < 4.78 is 26.7. The van der Waals surface area contributed by atoms with Crippen molar-refractivity contribution in [2.24, 2.45) is 5.92 Å². The zero-order chi connectivity index (χ0) is 15.3. The van der Waals surface area contributed by atoms with Crippen molar-refractivity contribution in [1.29, 1.82) is 0 Å². The summed E-state index contributed by atoms with van der Waals surface area (Å²) in [7, 11) is -3.57. The van der Waals surface area contributed by atoms with Crippen molar-refractivity contribution in [2.45, 2.75) is 51.0 Å². The van der Waals surface area contributed by atoms with E-state index in [1.165, 1.54) is 6.20 Å². The Kier molecular flexibility index (Phi) is 5.70. The van der Waals surface area contributed by atoms with Crippen LogP contribution in [0.4, 0.5) is 0 Å². The van der Waals surface area contributed by atoms with E-state index in [9.17, 15) is 13.2 Å². The van der Waals surface area contributed by atoms with E-state index in [0.29, 0.717) is 25.0 Å². The molecule has 8 heteroatoms. The minimum atomic E-state index is -3.57. The van der Waals surface area contributed by atoms with Gasteiger partial charge in [-0.25, -0.2) is 13.1 Å². The summed E-state index contributed by atoms with van der Waals surface area (Å²) in [5.41, 5.74) is 0.490. The molecule has 0 aromatic carbocycles. The molecule has 0 saturated carbocycles. The highest BCUT2D eigenvalue weighted by Crippen LogP contribution is 2.14. The summed E-state index contributed by atoms with van der Waals surface area (Å²) in [6.07, 6.45) is 3.05. The van der Waals surface area contributed by atoms with Gasteiger partial charge < -0.3 is 5.11 Å². The Labute approximate surface area is 118 Å². The molecular weight excluding hydrogens is 282 g/mol. The Morgan fingerprint density at radius 3 is 2.60 bits per heavy atom. The number of nitrogens with zero attached hydrogens (tertiary/aromatic N) is 1. The van der Waals surface area contributed by atoms with E-state index in [1.54, 1.807) is 20.8 Å². The fraction of sp³-hybridized carbons (Fsp3) is 0.667. The molecule has 0 aliphatic heterocycles. The molecule has 0 spiro atoms. The number of sulfonamides is 1. The van der Waals surface area contributed by atoms with E-state index in [2.05, 4.69) is 14.9 Å². The second-order valence-corrected chi connectivity index (χ2v) is 6.73. The van der Waals surface area contributed by atoms with Gasteiger partial charge in [0, 0.05) is 6.04 Å². The average molecular weight is 303 g/mol. The molecule has 0 amide bonds. The van der Waals surface area contributed by atoms with Gasteiger partial charge in [-0.15, -0.1) is 0 Å². The SMILES string of the molecule is Cc1[nH]ncc1S(=O)(=O)NC(C)CCCC(C)C(=O)O. The van der Waals surface area contributed by atoms with E-state index in [1.807, 2.05) is 0 Å². The van der Waals surface area contributed by atoms with E-state index in [0.717, 1.165) is 0 Å². The van der Waals surface area contributed by atoms with Crippen LogP contribution < -0.4 is 4.72 Å². The average Bonchev–Trinajstić information content (AvgIpc) is 2.75. The lowest BCUT2D eigenvalue weighted by Gasteiger charge is -2.14. The molecule has 1 aromatic rings. The normalized spacial score (nSPS) is 14.9. The number of aromatic nitrogens is 2. The maximum Gasteiger partial charge on any atom is 0.306 e. The van der Waals surface area contributed by atoms with Crippen LogP contribution in [0.5, 0.6) is 0 Å². The maximum absolute atomic E-state index is 12.1. The minimum absolute atomic E-state index is 0.142. The van der Waals surface area contributed by atoms with Crippen molar-refractivity contribution in [3.8, 4) is 0 Å². The minimum Gasteiger partial charge on any atom is -0.481 e. The molecule has 7 nitrogen and oxygen atoms in total. The Morgan fingerprint density at radius 2 is 2.10 bits per heavy atom. The van der Waals surface area contributed by atoms with Crippen LogP contribution in [0.1, 0.15) is 38.8 Å². The van der Waals surface area contributed by atoms with Crippen LogP contribution in [-0.2, 0) is 14.8 Å².